The largest absolute Gasteiger partial charge is 0.330 e. The van der Waals surface area contributed by atoms with Gasteiger partial charge >= 0.3 is 0 Å². The first-order chi connectivity index (χ1) is 11.6. The zero-order valence-corrected chi connectivity index (χ0v) is 15.5. The predicted octanol–water partition coefficient (Wildman–Crippen LogP) is 3.92. The molecule has 0 bridgehead atoms. The Kier molecular flexibility index (Phi) is 5.36. The van der Waals surface area contributed by atoms with Crippen molar-refractivity contribution in [1.82, 2.24) is 10.2 Å². The van der Waals surface area contributed by atoms with E-state index in [-0.39, 0.29) is 11.9 Å². The van der Waals surface area contributed by atoms with Crippen molar-refractivity contribution in [2.75, 3.05) is 13.1 Å². The highest BCUT2D eigenvalue weighted by atomic mass is 32.1. The standard InChI is InChI=1S/C20H26N2OS/c1-4-15(3)21-13-19(23)22-11-9-18-17(10-12-24-18)20(22)16-7-5-14(2)6-8-16/h5-8,10,12,15,20-21H,4,9,11,13H2,1-3H3/t15-,20-/m1/s1. The smallest absolute Gasteiger partial charge is 0.237 e. The van der Waals surface area contributed by atoms with E-state index < -0.39 is 0 Å². The molecule has 1 aliphatic heterocycles. The predicted molar refractivity (Wildman–Crippen MR) is 101 cm³/mol. The molecular formula is C20H26N2OS. The molecule has 1 N–H and O–H groups in total. The number of hydrogen-bond acceptors (Lipinski definition) is 3. The van der Waals surface area contributed by atoms with Gasteiger partial charge < -0.3 is 10.2 Å². The van der Waals surface area contributed by atoms with E-state index in [2.05, 4.69) is 66.7 Å². The van der Waals surface area contributed by atoms with Crippen molar-refractivity contribution in [3.8, 4) is 0 Å². The summed E-state index contributed by atoms with van der Waals surface area (Å²) in [6.07, 6.45) is 1.99. The van der Waals surface area contributed by atoms with Crippen LogP contribution in [-0.2, 0) is 11.2 Å². The van der Waals surface area contributed by atoms with E-state index in [1.807, 2.05) is 11.3 Å². The summed E-state index contributed by atoms with van der Waals surface area (Å²) < 4.78 is 0. The maximum Gasteiger partial charge on any atom is 0.237 e. The molecule has 3 nitrogen and oxygen atoms in total. The molecule has 2 atom stereocenters. The molecule has 2 heterocycles. The summed E-state index contributed by atoms with van der Waals surface area (Å²) in [6.45, 7) is 7.57. The minimum atomic E-state index is 0.0480. The Bertz CT molecular complexity index is 692. The van der Waals surface area contributed by atoms with Gasteiger partial charge in [-0.2, -0.15) is 0 Å². The molecule has 3 rings (SSSR count). The van der Waals surface area contributed by atoms with Crippen LogP contribution in [0.1, 0.15) is 47.9 Å². The van der Waals surface area contributed by atoms with Crippen LogP contribution in [0.5, 0.6) is 0 Å². The molecule has 0 radical (unpaired) electrons. The van der Waals surface area contributed by atoms with Gasteiger partial charge in [0.05, 0.1) is 12.6 Å². The van der Waals surface area contributed by atoms with E-state index >= 15 is 0 Å². The summed E-state index contributed by atoms with van der Waals surface area (Å²) in [5.74, 6) is 0.192. The molecule has 0 fully saturated rings. The maximum atomic E-state index is 12.9. The number of benzene rings is 1. The first-order valence-corrected chi connectivity index (χ1v) is 9.63. The molecule has 128 valence electrons. The number of hydrogen-bond donors (Lipinski definition) is 1. The van der Waals surface area contributed by atoms with Crippen molar-refractivity contribution < 1.29 is 4.79 Å². The molecule has 2 aromatic rings. The summed E-state index contributed by atoms with van der Waals surface area (Å²) in [5.41, 5.74) is 3.75. The molecule has 1 amide bonds. The van der Waals surface area contributed by atoms with Crippen LogP contribution in [0.25, 0.3) is 0 Å². The van der Waals surface area contributed by atoms with Crippen molar-refractivity contribution in [2.24, 2.45) is 0 Å². The molecule has 0 saturated heterocycles. The van der Waals surface area contributed by atoms with Crippen LogP contribution in [0.4, 0.5) is 0 Å². The van der Waals surface area contributed by atoms with Crippen LogP contribution in [0, 0.1) is 6.92 Å². The van der Waals surface area contributed by atoms with Gasteiger partial charge in [-0.1, -0.05) is 36.8 Å². The normalized spacial score (nSPS) is 18.3. The highest BCUT2D eigenvalue weighted by Crippen LogP contribution is 2.37. The summed E-state index contributed by atoms with van der Waals surface area (Å²) in [4.78, 5) is 16.3. The third kappa shape index (κ3) is 3.55. The fraction of sp³-hybridized carbons (Fsp3) is 0.450. The highest BCUT2D eigenvalue weighted by Gasteiger charge is 2.32. The molecule has 1 aromatic carbocycles. The van der Waals surface area contributed by atoms with Gasteiger partial charge in [-0.05, 0) is 49.3 Å². The molecule has 0 unspecified atom stereocenters. The van der Waals surface area contributed by atoms with E-state index in [4.69, 9.17) is 0 Å². The van der Waals surface area contributed by atoms with E-state index in [0.717, 1.165) is 19.4 Å². The third-order valence-electron chi connectivity index (χ3n) is 4.89. The number of carbonyl (C=O) groups is 1. The number of nitrogens with zero attached hydrogens (tertiary/aromatic N) is 1. The average Bonchev–Trinajstić information content (AvgIpc) is 3.08. The van der Waals surface area contributed by atoms with Crippen molar-refractivity contribution in [2.45, 2.75) is 45.7 Å². The van der Waals surface area contributed by atoms with E-state index in [0.29, 0.717) is 12.6 Å². The van der Waals surface area contributed by atoms with Crippen LogP contribution >= 0.6 is 11.3 Å². The number of nitrogens with one attached hydrogen (secondary N) is 1. The molecule has 0 saturated carbocycles. The molecule has 1 aliphatic rings. The van der Waals surface area contributed by atoms with Crippen molar-refractivity contribution in [1.29, 1.82) is 0 Å². The number of aryl methyl sites for hydroxylation is 1. The van der Waals surface area contributed by atoms with Crippen molar-refractivity contribution in [3.05, 3.63) is 57.3 Å². The lowest BCUT2D eigenvalue weighted by Gasteiger charge is -2.36. The maximum absolute atomic E-state index is 12.9. The van der Waals surface area contributed by atoms with Gasteiger partial charge in [-0.3, -0.25) is 4.79 Å². The van der Waals surface area contributed by atoms with Crippen molar-refractivity contribution in [3.63, 3.8) is 0 Å². The first kappa shape index (κ1) is 17.2. The van der Waals surface area contributed by atoms with Crippen LogP contribution in [-0.4, -0.2) is 29.9 Å². The van der Waals surface area contributed by atoms with Gasteiger partial charge in [0.25, 0.3) is 0 Å². The lowest BCUT2D eigenvalue weighted by atomic mass is 9.92. The summed E-state index contributed by atoms with van der Waals surface area (Å²) in [7, 11) is 0. The average molecular weight is 343 g/mol. The summed E-state index contributed by atoms with van der Waals surface area (Å²) in [6, 6.07) is 11.2. The van der Waals surface area contributed by atoms with E-state index in [1.165, 1.54) is 21.6 Å². The Labute approximate surface area is 148 Å². The minimum absolute atomic E-state index is 0.0480. The zero-order valence-electron chi connectivity index (χ0n) is 14.7. The Hall–Kier alpha value is -1.65. The van der Waals surface area contributed by atoms with Crippen LogP contribution in [0.2, 0.25) is 0 Å². The van der Waals surface area contributed by atoms with E-state index in [9.17, 15) is 4.79 Å². The molecule has 0 spiro atoms. The fourth-order valence-electron chi connectivity index (χ4n) is 3.20. The van der Waals surface area contributed by atoms with E-state index in [1.54, 1.807) is 0 Å². The van der Waals surface area contributed by atoms with Crippen LogP contribution in [0.15, 0.2) is 35.7 Å². The third-order valence-corrected chi connectivity index (χ3v) is 5.89. The molecular weight excluding hydrogens is 316 g/mol. The first-order valence-electron chi connectivity index (χ1n) is 8.75. The second-order valence-corrected chi connectivity index (χ2v) is 7.64. The fourth-order valence-corrected chi connectivity index (χ4v) is 4.10. The quantitative estimate of drug-likeness (QED) is 0.893. The number of fused-ring (bicyclic) bond motifs is 1. The summed E-state index contributed by atoms with van der Waals surface area (Å²) in [5, 5.41) is 5.49. The van der Waals surface area contributed by atoms with Crippen LogP contribution in [0.3, 0.4) is 0 Å². The molecule has 4 heteroatoms. The van der Waals surface area contributed by atoms with Gasteiger partial charge in [0.2, 0.25) is 5.91 Å². The Morgan fingerprint density at radius 2 is 2.08 bits per heavy atom. The highest BCUT2D eigenvalue weighted by molar-refractivity contribution is 7.10. The van der Waals surface area contributed by atoms with Gasteiger partial charge in [-0.25, -0.2) is 0 Å². The zero-order chi connectivity index (χ0) is 17.1. The minimum Gasteiger partial charge on any atom is -0.330 e. The Morgan fingerprint density at radius 1 is 1.33 bits per heavy atom. The van der Waals surface area contributed by atoms with Gasteiger partial charge in [0.15, 0.2) is 0 Å². The molecule has 0 aliphatic carbocycles. The van der Waals surface area contributed by atoms with Gasteiger partial charge in [-0.15, -0.1) is 11.3 Å². The number of thiophene rings is 1. The Balaban J connectivity index is 1.87. The topological polar surface area (TPSA) is 32.3 Å². The number of amides is 1. The second kappa shape index (κ2) is 7.49. The Morgan fingerprint density at radius 3 is 2.79 bits per heavy atom. The SMILES string of the molecule is CC[C@@H](C)NCC(=O)N1CCc2sccc2[C@H]1c1ccc(C)cc1. The molecule has 24 heavy (non-hydrogen) atoms. The second-order valence-electron chi connectivity index (χ2n) is 6.64. The van der Waals surface area contributed by atoms with Crippen LogP contribution < -0.4 is 5.32 Å². The number of carbonyl (C=O) groups excluding carboxylic acids is 1. The lowest BCUT2D eigenvalue weighted by molar-refractivity contribution is -0.132. The summed E-state index contributed by atoms with van der Waals surface area (Å²) >= 11 is 1.81. The van der Waals surface area contributed by atoms with Gasteiger partial charge in [0.1, 0.15) is 0 Å². The monoisotopic (exact) mass is 342 g/mol. The van der Waals surface area contributed by atoms with Gasteiger partial charge in [0, 0.05) is 17.5 Å². The van der Waals surface area contributed by atoms with Crippen molar-refractivity contribution >= 4 is 17.2 Å². The molecule has 1 aromatic heterocycles. The lowest BCUT2D eigenvalue weighted by Crippen LogP contribution is -2.45. The number of rotatable bonds is 5.